The highest BCUT2D eigenvalue weighted by Gasteiger charge is 2.22. The van der Waals surface area contributed by atoms with Gasteiger partial charge in [-0.2, -0.15) is 0 Å². The van der Waals surface area contributed by atoms with Gasteiger partial charge in [-0.3, -0.25) is 14.5 Å². The Hall–Kier alpha value is -2.73. The van der Waals surface area contributed by atoms with Gasteiger partial charge in [-0.15, -0.1) is 0 Å². The number of aryl methyl sites for hydroxylation is 1. The molecular weight excluding hydrogens is 345 g/mol. The van der Waals surface area contributed by atoms with Gasteiger partial charge in [-0.1, -0.05) is 35.9 Å². The number of carbonyl (C=O) groups excluding carboxylic acids is 2. The summed E-state index contributed by atoms with van der Waals surface area (Å²) in [7, 11) is 0. The molecule has 6 heteroatoms. The molecule has 2 aromatic rings. The third kappa shape index (κ3) is 5.62. The minimum absolute atomic E-state index is 0.114. The largest absolute Gasteiger partial charge is 0.340 e. The fourth-order valence-corrected chi connectivity index (χ4v) is 3.12. The summed E-state index contributed by atoms with van der Waals surface area (Å²) in [4.78, 5) is 28.4. The fraction of sp³-hybridized carbons (Fsp3) is 0.333. The number of carbonyl (C=O) groups is 2. The van der Waals surface area contributed by atoms with Crippen molar-refractivity contribution in [2.45, 2.75) is 13.3 Å². The number of halogens is 1. The van der Waals surface area contributed by atoms with Crippen molar-refractivity contribution in [2.24, 2.45) is 0 Å². The molecule has 2 aromatic carbocycles. The van der Waals surface area contributed by atoms with Gasteiger partial charge in [0, 0.05) is 31.9 Å². The maximum absolute atomic E-state index is 13.2. The van der Waals surface area contributed by atoms with E-state index in [9.17, 15) is 14.0 Å². The Morgan fingerprint density at radius 3 is 2.41 bits per heavy atom. The average Bonchev–Trinajstić information content (AvgIpc) is 2.64. The van der Waals surface area contributed by atoms with Crippen molar-refractivity contribution >= 4 is 17.5 Å². The highest BCUT2D eigenvalue weighted by Crippen LogP contribution is 2.11. The third-order valence-electron chi connectivity index (χ3n) is 4.68. The number of hydrogen-bond acceptors (Lipinski definition) is 3. The first-order chi connectivity index (χ1) is 13.0. The average molecular weight is 369 g/mol. The lowest BCUT2D eigenvalue weighted by Gasteiger charge is -2.34. The Morgan fingerprint density at radius 2 is 1.74 bits per heavy atom. The highest BCUT2D eigenvalue weighted by molar-refractivity contribution is 5.92. The van der Waals surface area contributed by atoms with E-state index in [1.165, 1.54) is 17.7 Å². The second-order valence-corrected chi connectivity index (χ2v) is 6.88. The molecule has 0 saturated carbocycles. The van der Waals surface area contributed by atoms with E-state index >= 15 is 0 Å². The Morgan fingerprint density at radius 1 is 1.04 bits per heavy atom. The summed E-state index contributed by atoms with van der Waals surface area (Å²) in [5, 5.41) is 2.70. The summed E-state index contributed by atoms with van der Waals surface area (Å²) in [5.74, 6) is -0.448. The van der Waals surface area contributed by atoms with Gasteiger partial charge in [0.25, 0.3) is 0 Å². The predicted octanol–water partition coefficient (Wildman–Crippen LogP) is 2.46. The Bertz CT molecular complexity index is 799. The number of piperazine rings is 1. The molecule has 0 aromatic heterocycles. The van der Waals surface area contributed by atoms with Crippen LogP contribution < -0.4 is 5.32 Å². The number of hydrogen-bond donors (Lipinski definition) is 1. The summed E-state index contributed by atoms with van der Waals surface area (Å²) in [6.45, 7) is 4.77. The van der Waals surface area contributed by atoms with Crippen molar-refractivity contribution in [2.75, 3.05) is 38.0 Å². The van der Waals surface area contributed by atoms with E-state index in [0.717, 1.165) is 5.56 Å². The number of rotatable bonds is 5. The second kappa shape index (κ2) is 8.77. The first-order valence-corrected chi connectivity index (χ1v) is 9.11. The Balaban J connectivity index is 1.43. The molecule has 0 unspecified atom stereocenters. The summed E-state index contributed by atoms with van der Waals surface area (Å²) in [5.41, 5.74) is 2.64. The zero-order valence-corrected chi connectivity index (χ0v) is 15.5. The molecule has 0 spiro atoms. The number of anilines is 1. The summed E-state index contributed by atoms with van der Waals surface area (Å²) in [6.07, 6.45) is 0.403. The van der Waals surface area contributed by atoms with Crippen molar-refractivity contribution < 1.29 is 14.0 Å². The SMILES string of the molecule is Cc1ccc(CC(=O)N2CCN(CC(=O)Nc3cccc(F)c3)CC2)cc1. The first-order valence-electron chi connectivity index (χ1n) is 9.11. The first kappa shape index (κ1) is 19.0. The minimum atomic E-state index is -0.381. The molecule has 1 heterocycles. The molecule has 1 aliphatic rings. The Labute approximate surface area is 158 Å². The molecule has 1 aliphatic heterocycles. The number of nitrogens with zero attached hydrogens (tertiary/aromatic N) is 2. The van der Waals surface area contributed by atoms with Crippen molar-refractivity contribution in [1.82, 2.24) is 9.80 Å². The molecule has 1 fully saturated rings. The van der Waals surface area contributed by atoms with E-state index in [2.05, 4.69) is 5.32 Å². The zero-order valence-electron chi connectivity index (χ0n) is 15.5. The summed E-state index contributed by atoms with van der Waals surface area (Å²) < 4.78 is 13.2. The van der Waals surface area contributed by atoms with Crippen LogP contribution in [0.4, 0.5) is 10.1 Å². The molecule has 0 bridgehead atoms. The van der Waals surface area contributed by atoms with E-state index in [-0.39, 0.29) is 24.2 Å². The molecule has 0 aliphatic carbocycles. The van der Waals surface area contributed by atoms with Crippen LogP contribution in [-0.4, -0.2) is 54.3 Å². The summed E-state index contributed by atoms with van der Waals surface area (Å²) >= 11 is 0. The van der Waals surface area contributed by atoms with Crippen LogP contribution in [0.25, 0.3) is 0 Å². The minimum Gasteiger partial charge on any atom is -0.340 e. The van der Waals surface area contributed by atoms with E-state index in [1.54, 1.807) is 12.1 Å². The van der Waals surface area contributed by atoms with Gasteiger partial charge in [0.15, 0.2) is 0 Å². The van der Waals surface area contributed by atoms with Gasteiger partial charge in [0.1, 0.15) is 5.82 Å². The predicted molar refractivity (Wildman–Crippen MR) is 103 cm³/mol. The van der Waals surface area contributed by atoms with E-state index < -0.39 is 0 Å². The molecule has 0 atom stereocenters. The number of benzene rings is 2. The fourth-order valence-electron chi connectivity index (χ4n) is 3.12. The van der Waals surface area contributed by atoms with Crippen LogP contribution in [0.1, 0.15) is 11.1 Å². The van der Waals surface area contributed by atoms with Crippen LogP contribution in [0.5, 0.6) is 0 Å². The van der Waals surface area contributed by atoms with E-state index in [4.69, 9.17) is 0 Å². The quantitative estimate of drug-likeness (QED) is 0.881. The van der Waals surface area contributed by atoms with Gasteiger partial charge >= 0.3 is 0 Å². The van der Waals surface area contributed by atoms with Crippen LogP contribution in [0.3, 0.4) is 0 Å². The van der Waals surface area contributed by atoms with Crippen LogP contribution in [-0.2, 0) is 16.0 Å². The van der Waals surface area contributed by atoms with E-state index in [0.29, 0.717) is 38.3 Å². The monoisotopic (exact) mass is 369 g/mol. The maximum atomic E-state index is 13.2. The molecule has 1 N–H and O–H groups in total. The van der Waals surface area contributed by atoms with Crippen molar-refractivity contribution in [3.8, 4) is 0 Å². The van der Waals surface area contributed by atoms with Gasteiger partial charge in [-0.05, 0) is 30.7 Å². The highest BCUT2D eigenvalue weighted by atomic mass is 19.1. The molecule has 1 saturated heterocycles. The lowest BCUT2D eigenvalue weighted by Crippen LogP contribution is -2.50. The number of amides is 2. The second-order valence-electron chi connectivity index (χ2n) is 6.88. The van der Waals surface area contributed by atoms with Gasteiger partial charge in [0.2, 0.25) is 11.8 Å². The maximum Gasteiger partial charge on any atom is 0.238 e. The van der Waals surface area contributed by atoms with E-state index in [1.807, 2.05) is 41.0 Å². The van der Waals surface area contributed by atoms with Crippen LogP contribution >= 0.6 is 0 Å². The van der Waals surface area contributed by atoms with Gasteiger partial charge in [0.05, 0.1) is 13.0 Å². The van der Waals surface area contributed by atoms with Gasteiger partial charge < -0.3 is 10.2 Å². The molecule has 27 heavy (non-hydrogen) atoms. The van der Waals surface area contributed by atoms with Crippen LogP contribution in [0.15, 0.2) is 48.5 Å². The van der Waals surface area contributed by atoms with Crippen LogP contribution in [0.2, 0.25) is 0 Å². The summed E-state index contributed by atoms with van der Waals surface area (Å²) in [6, 6.07) is 13.8. The van der Waals surface area contributed by atoms with Crippen LogP contribution in [0, 0.1) is 12.7 Å². The third-order valence-corrected chi connectivity index (χ3v) is 4.68. The van der Waals surface area contributed by atoms with Crippen molar-refractivity contribution in [3.63, 3.8) is 0 Å². The lowest BCUT2D eigenvalue weighted by molar-refractivity contribution is -0.132. The zero-order chi connectivity index (χ0) is 19.2. The lowest BCUT2D eigenvalue weighted by atomic mass is 10.1. The molecule has 2 amide bonds. The molecule has 142 valence electrons. The normalized spacial score (nSPS) is 14.8. The molecular formula is C21H24FN3O2. The number of nitrogens with one attached hydrogen (secondary N) is 1. The standard InChI is InChI=1S/C21H24FN3O2/c1-16-5-7-17(8-6-16)13-21(27)25-11-9-24(10-12-25)15-20(26)23-19-4-2-3-18(22)14-19/h2-8,14H,9-13,15H2,1H3,(H,23,26). The topological polar surface area (TPSA) is 52.7 Å². The molecule has 5 nitrogen and oxygen atoms in total. The molecule has 0 radical (unpaired) electrons. The van der Waals surface area contributed by atoms with Gasteiger partial charge in [-0.25, -0.2) is 4.39 Å². The van der Waals surface area contributed by atoms with Crippen molar-refractivity contribution in [1.29, 1.82) is 0 Å². The smallest absolute Gasteiger partial charge is 0.238 e. The Kier molecular flexibility index (Phi) is 6.19. The molecule has 3 rings (SSSR count). The van der Waals surface area contributed by atoms with Crippen molar-refractivity contribution in [3.05, 3.63) is 65.5 Å².